The first-order valence-corrected chi connectivity index (χ1v) is 11.8. The smallest absolute Gasteiger partial charge is 0.249 e. The Labute approximate surface area is 215 Å². The molecule has 0 spiro atoms. The maximum atomic E-state index is 14.1. The van der Waals surface area contributed by atoms with Gasteiger partial charge in [0.25, 0.3) is 0 Å². The van der Waals surface area contributed by atoms with Gasteiger partial charge in [-0.15, -0.1) is 0 Å². The zero-order chi connectivity index (χ0) is 26.7. The van der Waals surface area contributed by atoms with Crippen LogP contribution in [0.15, 0.2) is 47.7 Å². The molecule has 37 heavy (non-hydrogen) atoms. The molecule has 3 aromatic rings. The molecule has 0 saturated heterocycles. The van der Waals surface area contributed by atoms with E-state index in [1.54, 1.807) is 12.1 Å². The zero-order valence-corrected chi connectivity index (χ0v) is 20.5. The molecule has 0 atom stereocenters. The van der Waals surface area contributed by atoms with E-state index < -0.39 is 17.6 Å². The fraction of sp³-hybridized carbons (Fsp3) is 0.280. The Morgan fingerprint density at radius 2 is 2.00 bits per heavy atom. The van der Waals surface area contributed by atoms with Crippen LogP contribution in [-0.4, -0.2) is 45.6 Å². The van der Waals surface area contributed by atoms with Gasteiger partial charge in [-0.3, -0.25) is 19.2 Å². The second-order valence-electron chi connectivity index (χ2n) is 8.70. The summed E-state index contributed by atoms with van der Waals surface area (Å²) in [6, 6.07) is 8.87. The van der Waals surface area contributed by atoms with Crippen molar-refractivity contribution in [2.45, 2.75) is 38.9 Å². The van der Waals surface area contributed by atoms with Crippen LogP contribution >= 0.6 is 11.6 Å². The first-order chi connectivity index (χ1) is 17.7. The first kappa shape index (κ1) is 25.9. The molecule has 1 N–H and O–H groups in total. The highest BCUT2D eigenvalue weighted by Gasteiger charge is 2.34. The van der Waals surface area contributed by atoms with Crippen molar-refractivity contribution in [1.29, 1.82) is 0 Å². The Morgan fingerprint density at radius 1 is 1.24 bits per heavy atom. The molecule has 3 amide bonds. The molecule has 1 saturated carbocycles. The van der Waals surface area contributed by atoms with E-state index in [4.69, 9.17) is 17.1 Å². The lowest BCUT2D eigenvalue weighted by Gasteiger charge is -2.22. The molecule has 0 unspecified atom stereocenters. The van der Waals surface area contributed by atoms with Gasteiger partial charge in [-0.05, 0) is 42.5 Å². The van der Waals surface area contributed by atoms with Crippen LogP contribution in [0.1, 0.15) is 46.0 Å². The van der Waals surface area contributed by atoms with Gasteiger partial charge in [-0.1, -0.05) is 35.9 Å². The number of azide groups is 1. The highest BCUT2D eigenvalue weighted by atomic mass is 35.5. The van der Waals surface area contributed by atoms with Crippen LogP contribution in [-0.2, 0) is 22.7 Å². The fourth-order valence-electron chi connectivity index (χ4n) is 4.07. The number of hydrogen-bond donors (Lipinski definition) is 1. The average molecular weight is 525 g/mol. The molecule has 2 aromatic carbocycles. The first-order valence-electron chi connectivity index (χ1n) is 11.4. The van der Waals surface area contributed by atoms with Gasteiger partial charge in [0.15, 0.2) is 5.78 Å². The van der Waals surface area contributed by atoms with Gasteiger partial charge in [-0.2, -0.15) is 0 Å². The molecular formula is C25H22ClFN6O4. The number of hydrogen-bond acceptors (Lipinski definition) is 4. The topological polar surface area (TPSA) is 137 Å². The molecule has 1 aromatic heterocycles. The van der Waals surface area contributed by atoms with Crippen LogP contribution in [0, 0.1) is 5.82 Å². The summed E-state index contributed by atoms with van der Waals surface area (Å²) in [6.45, 7) is 0.911. The summed E-state index contributed by atoms with van der Waals surface area (Å²) in [4.78, 5) is 54.1. The summed E-state index contributed by atoms with van der Waals surface area (Å²) in [5.41, 5.74) is 9.70. The van der Waals surface area contributed by atoms with Crippen molar-refractivity contribution in [3.05, 3.63) is 80.6 Å². The Hall–Kier alpha value is -4.21. The van der Waals surface area contributed by atoms with Crippen molar-refractivity contribution < 1.29 is 23.6 Å². The van der Waals surface area contributed by atoms with Crippen LogP contribution in [0.3, 0.4) is 0 Å². The molecule has 1 aliphatic carbocycles. The van der Waals surface area contributed by atoms with Crippen molar-refractivity contribution in [3.63, 3.8) is 0 Å². The predicted molar refractivity (Wildman–Crippen MR) is 133 cm³/mol. The second kappa shape index (κ2) is 10.8. The van der Waals surface area contributed by atoms with E-state index in [2.05, 4.69) is 15.3 Å². The highest BCUT2D eigenvalue weighted by molar-refractivity contribution is 6.30. The molecule has 1 heterocycles. The van der Waals surface area contributed by atoms with Gasteiger partial charge < -0.3 is 14.8 Å². The number of ketones is 1. The van der Waals surface area contributed by atoms with Crippen LogP contribution in [0.5, 0.6) is 0 Å². The lowest BCUT2D eigenvalue weighted by atomic mass is 10.1. The van der Waals surface area contributed by atoms with Crippen molar-refractivity contribution in [3.8, 4) is 0 Å². The maximum Gasteiger partial charge on any atom is 0.249 e. The number of aromatic nitrogens is 1. The Balaban J connectivity index is 1.53. The highest BCUT2D eigenvalue weighted by Crippen LogP contribution is 2.28. The van der Waals surface area contributed by atoms with E-state index in [1.165, 1.54) is 46.9 Å². The number of rotatable bonds is 9. The lowest BCUT2D eigenvalue weighted by molar-refractivity contribution is -0.137. The number of benzene rings is 2. The SMILES string of the molecule is CC(=O)c1cn(CC(=O)N(CC(=O)NCc2cccc(Cl)c2F)C2CC2)c2cc(C(=O)N=[N+]=[N-])ccc12. The third kappa shape index (κ3) is 5.79. The molecular weight excluding hydrogens is 503 g/mol. The molecule has 1 fully saturated rings. The number of halogens is 2. The van der Waals surface area contributed by atoms with E-state index in [0.717, 1.165) is 12.8 Å². The summed E-state index contributed by atoms with van der Waals surface area (Å²) >= 11 is 5.78. The molecule has 4 rings (SSSR count). The Bertz CT molecular complexity index is 1480. The average Bonchev–Trinajstić information content (AvgIpc) is 3.64. The van der Waals surface area contributed by atoms with Gasteiger partial charge in [0.1, 0.15) is 12.4 Å². The van der Waals surface area contributed by atoms with Gasteiger partial charge in [0, 0.05) is 51.3 Å². The summed E-state index contributed by atoms with van der Waals surface area (Å²) in [5.74, 6) is -2.44. The number of carbonyl (C=O) groups excluding carboxylic acids is 4. The summed E-state index contributed by atoms with van der Waals surface area (Å²) in [6.07, 6.45) is 3.02. The third-order valence-electron chi connectivity index (χ3n) is 6.08. The van der Waals surface area contributed by atoms with Crippen molar-refractivity contribution in [2.75, 3.05) is 6.54 Å². The van der Waals surface area contributed by atoms with E-state index in [1.807, 2.05) is 0 Å². The number of Topliss-reactive ketones (excluding diaryl/α,β-unsaturated/α-hetero) is 1. The zero-order valence-electron chi connectivity index (χ0n) is 19.8. The molecule has 10 nitrogen and oxygen atoms in total. The summed E-state index contributed by atoms with van der Waals surface area (Å²) < 4.78 is 15.6. The molecule has 12 heteroatoms. The van der Waals surface area contributed by atoms with Crippen molar-refractivity contribution >= 4 is 46.0 Å². The van der Waals surface area contributed by atoms with Crippen molar-refractivity contribution in [1.82, 2.24) is 14.8 Å². The number of nitrogens with zero attached hydrogens (tertiary/aromatic N) is 5. The lowest BCUT2D eigenvalue weighted by Crippen LogP contribution is -2.43. The van der Waals surface area contributed by atoms with E-state index in [0.29, 0.717) is 16.5 Å². The summed E-state index contributed by atoms with van der Waals surface area (Å²) in [5, 5.41) is 6.20. The van der Waals surface area contributed by atoms with Gasteiger partial charge in [0.2, 0.25) is 17.7 Å². The summed E-state index contributed by atoms with van der Waals surface area (Å²) in [7, 11) is 0. The Morgan fingerprint density at radius 3 is 2.68 bits per heavy atom. The second-order valence-corrected chi connectivity index (χ2v) is 9.10. The predicted octanol–water partition coefficient (Wildman–Crippen LogP) is 4.39. The van der Waals surface area contributed by atoms with Gasteiger partial charge >= 0.3 is 0 Å². The molecule has 0 aliphatic heterocycles. The minimum Gasteiger partial charge on any atom is -0.350 e. The van der Waals surface area contributed by atoms with Crippen molar-refractivity contribution in [2.24, 2.45) is 5.11 Å². The minimum absolute atomic E-state index is 0.0466. The number of nitrogens with one attached hydrogen (secondary N) is 1. The number of fused-ring (bicyclic) bond motifs is 1. The molecule has 1 aliphatic rings. The number of carbonyl (C=O) groups is 4. The molecule has 0 radical (unpaired) electrons. The quantitative estimate of drug-likeness (QED) is 0.192. The van der Waals surface area contributed by atoms with Crippen LogP contribution in [0.2, 0.25) is 5.02 Å². The van der Waals surface area contributed by atoms with Crippen LogP contribution in [0.4, 0.5) is 4.39 Å². The molecule has 190 valence electrons. The minimum atomic E-state index is -0.791. The van der Waals surface area contributed by atoms with Crippen LogP contribution in [0.25, 0.3) is 21.3 Å². The van der Waals surface area contributed by atoms with Gasteiger partial charge in [0.05, 0.1) is 11.6 Å². The largest absolute Gasteiger partial charge is 0.350 e. The maximum absolute atomic E-state index is 14.1. The Kier molecular flexibility index (Phi) is 7.56. The third-order valence-corrected chi connectivity index (χ3v) is 6.37. The molecule has 0 bridgehead atoms. The fourth-order valence-corrected chi connectivity index (χ4v) is 4.26. The number of amides is 3. The van der Waals surface area contributed by atoms with Crippen LogP contribution < -0.4 is 5.32 Å². The van der Waals surface area contributed by atoms with E-state index in [9.17, 15) is 23.6 Å². The standard InChI is InChI=1S/C25H22ClFN6O4/c1-14(34)19-11-32(21-9-15(5-8-18(19)21)25(37)30-31-28)13-23(36)33(17-6-7-17)12-22(35)29-10-16-3-2-4-20(26)24(16)27/h2-5,8-9,11,17H,6-7,10,12-13H2,1H3,(H,29,35). The van der Waals surface area contributed by atoms with E-state index in [-0.39, 0.29) is 53.5 Å². The van der Waals surface area contributed by atoms with Gasteiger partial charge in [-0.25, -0.2) is 4.39 Å². The van der Waals surface area contributed by atoms with E-state index >= 15 is 0 Å². The normalized spacial score (nSPS) is 12.6. The monoisotopic (exact) mass is 524 g/mol.